The molecule has 0 amide bonds. The Kier molecular flexibility index (Phi) is 9.42. The standard InChI is InChI=1S/C35H33N5O4/c41-35-38-31(16-15-27-11-13-28(14-12-27)21-39-17-19-42-20-18-39)22-40(35)23-32-33(43-24-29-7-3-1-4-8-29)34(37-26-36-32)44-25-30-9-5-2-6-10-30/h1-14,22,26H,17-21,23-25H2,(H,38,41). The van der Waals surface area contributed by atoms with Gasteiger partial charge in [-0.1, -0.05) is 78.7 Å². The van der Waals surface area contributed by atoms with Gasteiger partial charge in [0.25, 0.3) is 5.88 Å². The lowest BCUT2D eigenvalue weighted by atomic mass is 10.1. The molecule has 0 radical (unpaired) electrons. The maximum absolute atomic E-state index is 12.9. The number of ether oxygens (including phenoxy) is 3. The maximum Gasteiger partial charge on any atom is 0.326 e. The first-order valence-corrected chi connectivity index (χ1v) is 14.6. The quantitative estimate of drug-likeness (QED) is 0.242. The van der Waals surface area contributed by atoms with Crippen LogP contribution in [0, 0.1) is 11.8 Å². The number of morpholine rings is 1. The van der Waals surface area contributed by atoms with E-state index in [1.165, 1.54) is 16.5 Å². The van der Waals surface area contributed by atoms with Crippen LogP contribution in [0.2, 0.25) is 0 Å². The van der Waals surface area contributed by atoms with E-state index in [1.807, 2.05) is 72.8 Å². The summed E-state index contributed by atoms with van der Waals surface area (Å²) in [6.45, 7) is 5.12. The van der Waals surface area contributed by atoms with Crippen molar-refractivity contribution in [1.29, 1.82) is 0 Å². The Bertz CT molecular complexity index is 1770. The molecule has 2 aromatic heterocycles. The second-order valence-corrected chi connectivity index (χ2v) is 10.4. The molecule has 1 aliphatic rings. The van der Waals surface area contributed by atoms with E-state index in [9.17, 15) is 4.79 Å². The van der Waals surface area contributed by atoms with Crippen molar-refractivity contribution in [2.45, 2.75) is 26.3 Å². The van der Waals surface area contributed by atoms with Crippen LogP contribution >= 0.6 is 0 Å². The average molecular weight is 588 g/mol. The first-order valence-electron chi connectivity index (χ1n) is 14.6. The van der Waals surface area contributed by atoms with Gasteiger partial charge in [-0.2, -0.15) is 4.98 Å². The van der Waals surface area contributed by atoms with Crippen molar-refractivity contribution in [1.82, 2.24) is 24.4 Å². The van der Waals surface area contributed by atoms with Crippen LogP contribution in [-0.4, -0.2) is 50.7 Å². The number of imidazole rings is 1. The van der Waals surface area contributed by atoms with Crippen LogP contribution in [0.15, 0.2) is 102 Å². The average Bonchev–Trinajstić information content (AvgIpc) is 3.42. The van der Waals surface area contributed by atoms with Gasteiger partial charge < -0.3 is 14.2 Å². The van der Waals surface area contributed by atoms with Gasteiger partial charge in [0.15, 0.2) is 0 Å². The number of nitrogens with one attached hydrogen (secondary N) is 1. The van der Waals surface area contributed by atoms with Crippen LogP contribution in [0.25, 0.3) is 0 Å². The lowest BCUT2D eigenvalue weighted by Gasteiger charge is -2.26. The second-order valence-electron chi connectivity index (χ2n) is 10.4. The molecule has 0 aliphatic carbocycles. The Morgan fingerprint density at radius 2 is 1.45 bits per heavy atom. The fourth-order valence-electron chi connectivity index (χ4n) is 4.83. The number of rotatable bonds is 10. The first-order chi connectivity index (χ1) is 21.7. The summed E-state index contributed by atoms with van der Waals surface area (Å²) in [5.41, 5.74) is 4.83. The molecule has 222 valence electrons. The summed E-state index contributed by atoms with van der Waals surface area (Å²) in [6.07, 6.45) is 3.11. The summed E-state index contributed by atoms with van der Waals surface area (Å²) in [6, 6.07) is 27.8. The summed E-state index contributed by atoms with van der Waals surface area (Å²) < 4.78 is 19.2. The summed E-state index contributed by atoms with van der Waals surface area (Å²) in [5.74, 6) is 6.94. The monoisotopic (exact) mass is 587 g/mol. The van der Waals surface area contributed by atoms with Crippen LogP contribution in [0.5, 0.6) is 11.6 Å². The van der Waals surface area contributed by atoms with E-state index >= 15 is 0 Å². The van der Waals surface area contributed by atoms with E-state index in [4.69, 9.17) is 14.2 Å². The summed E-state index contributed by atoms with van der Waals surface area (Å²) in [5, 5.41) is 0. The molecule has 9 heteroatoms. The van der Waals surface area contributed by atoms with Crippen molar-refractivity contribution in [3.05, 3.63) is 142 Å². The summed E-state index contributed by atoms with van der Waals surface area (Å²) in [7, 11) is 0. The van der Waals surface area contributed by atoms with Gasteiger partial charge in [-0.15, -0.1) is 0 Å². The number of H-pyrrole nitrogens is 1. The highest BCUT2D eigenvalue weighted by Crippen LogP contribution is 2.29. The molecule has 0 spiro atoms. The molecular weight excluding hydrogens is 554 g/mol. The second kappa shape index (κ2) is 14.3. The van der Waals surface area contributed by atoms with Gasteiger partial charge in [0.05, 0.1) is 19.8 Å². The predicted molar refractivity (Wildman–Crippen MR) is 166 cm³/mol. The van der Waals surface area contributed by atoms with Crippen molar-refractivity contribution in [3.8, 4) is 23.5 Å². The van der Waals surface area contributed by atoms with Crippen molar-refractivity contribution >= 4 is 0 Å². The third-order valence-corrected chi connectivity index (χ3v) is 7.20. The Labute approximate surface area is 256 Å². The van der Waals surface area contributed by atoms with E-state index in [0.29, 0.717) is 36.2 Å². The Balaban J connectivity index is 1.17. The molecule has 9 nitrogen and oxygen atoms in total. The lowest BCUT2D eigenvalue weighted by molar-refractivity contribution is 0.0342. The lowest BCUT2D eigenvalue weighted by Crippen LogP contribution is -2.35. The van der Waals surface area contributed by atoms with Crippen LogP contribution < -0.4 is 15.2 Å². The molecule has 3 aromatic carbocycles. The zero-order chi connectivity index (χ0) is 30.0. The highest BCUT2D eigenvalue weighted by molar-refractivity contribution is 5.41. The SMILES string of the molecule is O=c1[nH]c(C#Cc2ccc(CN3CCOCC3)cc2)cn1Cc1ncnc(OCc2ccccc2)c1OCc1ccccc1. The number of nitrogens with zero attached hydrogens (tertiary/aromatic N) is 4. The smallest absolute Gasteiger partial charge is 0.326 e. The molecule has 1 N–H and O–H groups in total. The number of hydrogen-bond acceptors (Lipinski definition) is 7. The zero-order valence-corrected chi connectivity index (χ0v) is 24.3. The van der Waals surface area contributed by atoms with Crippen molar-refractivity contribution in [2.24, 2.45) is 0 Å². The Morgan fingerprint density at radius 1 is 0.773 bits per heavy atom. The molecule has 3 heterocycles. The van der Waals surface area contributed by atoms with Crippen molar-refractivity contribution in [3.63, 3.8) is 0 Å². The topological polar surface area (TPSA) is 94.5 Å². The van der Waals surface area contributed by atoms with E-state index in [2.05, 4.69) is 43.8 Å². The number of benzene rings is 3. The molecule has 0 unspecified atom stereocenters. The summed E-state index contributed by atoms with van der Waals surface area (Å²) in [4.78, 5) is 26.9. The largest absolute Gasteiger partial charge is 0.482 e. The fourth-order valence-corrected chi connectivity index (χ4v) is 4.83. The third kappa shape index (κ3) is 7.81. The minimum Gasteiger partial charge on any atom is -0.482 e. The molecule has 0 bridgehead atoms. The van der Waals surface area contributed by atoms with Gasteiger partial charge in [-0.25, -0.2) is 9.78 Å². The van der Waals surface area contributed by atoms with Gasteiger partial charge >= 0.3 is 5.69 Å². The highest BCUT2D eigenvalue weighted by Gasteiger charge is 2.17. The molecule has 1 aliphatic heterocycles. The molecular formula is C35H33N5O4. The van der Waals surface area contributed by atoms with Crippen LogP contribution in [-0.2, 0) is 31.0 Å². The molecule has 5 aromatic rings. The minimum atomic E-state index is -0.297. The normalized spacial score (nSPS) is 13.2. The van der Waals surface area contributed by atoms with Crippen molar-refractivity contribution < 1.29 is 14.2 Å². The van der Waals surface area contributed by atoms with Crippen LogP contribution in [0.4, 0.5) is 0 Å². The van der Waals surface area contributed by atoms with Crippen LogP contribution in [0.1, 0.15) is 33.6 Å². The fraction of sp³-hybridized carbons (Fsp3) is 0.229. The number of aromatic nitrogens is 4. The van der Waals surface area contributed by atoms with Crippen LogP contribution in [0.3, 0.4) is 0 Å². The third-order valence-electron chi connectivity index (χ3n) is 7.20. The maximum atomic E-state index is 12.9. The molecule has 0 saturated carbocycles. The van der Waals surface area contributed by atoms with E-state index in [1.54, 1.807) is 6.20 Å². The number of hydrogen-bond donors (Lipinski definition) is 1. The molecule has 1 fully saturated rings. The first kappa shape index (κ1) is 28.9. The van der Waals surface area contributed by atoms with Gasteiger partial charge in [-0.05, 0) is 34.7 Å². The number of aromatic amines is 1. The van der Waals surface area contributed by atoms with E-state index < -0.39 is 0 Å². The molecule has 0 atom stereocenters. The summed E-state index contributed by atoms with van der Waals surface area (Å²) >= 11 is 0. The predicted octanol–water partition coefficient (Wildman–Crippen LogP) is 4.40. The van der Waals surface area contributed by atoms with Crippen molar-refractivity contribution in [2.75, 3.05) is 26.3 Å². The van der Waals surface area contributed by atoms with Gasteiger partial charge in [0.2, 0.25) is 5.75 Å². The Morgan fingerprint density at radius 3 is 2.16 bits per heavy atom. The molecule has 6 rings (SSSR count). The highest BCUT2D eigenvalue weighted by atomic mass is 16.5. The minimum absolute atomic E-state index is 0.154. The molecule has 44 heavy (non-hydrogen) atoms. The van der Waals surface area contributed by atoms with E-state index in [-0.39, 0.29) is 12.2 Å². The van der Waals surface area contributed by atoms with E-state index in [0.717, 1.165) is 49.5 Å². The molecule has 1 saturated heterocycles. The zero-order valence-electron chi connectivity index (χ0n) is 24.3. The Hall–Kier alpha value is -5.17. The van der Waals surface area contributed by atoms with Gasteiger partial charge in [0, 0.05) is 31.4 Å². The van der Waals surface area contributed by atoms with Gasteiger partial charge in [0.1, 0.15) is 30.9 Å². The van der Waals surface area contributed by atoms with Gasteiger partial charge in [-0.3, -0.25) is 14.5 Å².